The first-order valence-electron chi connectivity index (χ1n) is 11.6. The van der Waals surface area contributed by atoms with Gasteiger partial charge in [-0.05, 0) is 79.1 Å². The first-order valence-corrected chi connectivity index (χ1v) is 11.6. The van der Waals surface area contributed by atoms with Crippen LogP contribution in [-0.2, 0) is 9.59 Å². The van der Waals surface area contributed by atoms with Gasteiger partial charge in [0.15, 0.2) is 0 Å². The van der Waals surface area contributed by atoms with Crippen molar-refractivity contribution in [2.75, 3.05) is 18.1 Å². The Labute approximate surface area is 204 Å². The number of pyridine rings is 1. The van der Waals surface area contributed by atoms with E-state index in [0.717, 1.165) is 0 Å². The van der Waals surface area contributed by atoms with Crippen molar-refractivity contribution in [1.82, 2.24) is 4.98 Å². The Bertz CT molecular complexity index is 1220. The van der Waals surface area contributed by atoms with E-state index < -0.39 is 17.7 Å². The van der Waals surface area contributed by atoms with Gasteiger partial charge in [0, 0.05) is 23.6 Å². The first kappa shape index (κ1) is 24.0. The fourth-order valence-corrected chi connectivity index (χ4v) is 3.96. The fourth-order valence-electron chi connectivity index (χ4n) is 3.96. The highest BCUT2D eigenvalue weighted by molar-refractivity contribution is 6.51. The summed E-state index contributed by atoms with van der Waals surface area (Å²) in [5.41, 5.74) is 1.62. The number of carbonyl (C=O) groups excluding carboxylic acids is 2. The molecular formula is C28H28N2O5. The molecule has 3 aromatic rings. The lowest BCUT2D eigenvalue weighted by molar-refractivity contribution is -0.132. The van der Waals surface area contributed by atoms with Crippen LogP contribution in [0.5, 0.6) is 11.5 Å². The van der Waals surface area contributed by atoms with E-state index >= 15 is 0 Å². The van der Waals surface area contributed by atoms with Crippen LogP contribution in [0.4, 0.5) is 5.69 Å². The number of anilines is 1. The van der Waals surface area contributed by atoms with E-state index in [0.29, 0.717) is 47.4 Å². The normalized spacial score (nSPS) is 17.1. The highest BCUT2D eigenvalue weighted by Gasteiger charge is 2.46. The molecule has 1 aliphatic heterocycles. The van der Waals surface area contributed by atoms with Crippen LogP contribution in [-0.4, -0.2) is 35.0 Å². The van der Waals surface area contributed by atoms with Gasteiger partial charge in [0.25, 0.3) is 11.7 Å². The summed E-state index contributed by atoms with van der Waals surface area (Å²) in [7, 11) is 0. The number of Topliss-reactive ketones (excluding diaryl/α,β-unsaturated/α-hetero) is 1. The number of rotatable bonds is 8. The number of nitrogens with zero attached hydrogens (tertiary/aromatic N) is 2. The maximum atomic E-state index is 13.2. The van der Waals surface area contributed by atoms with Gasteiger partial charge < -0.3 is 14.6 Å². The van der Waals surface area contributed by atoms with E-state index in [9.17, 15) is 14.7 Å². The van der Waals surface area contributed by atoms with E-state index in [1.807, 2.05) is 6.92 Å². The van der Waals surface area contributed by atoms with Gasteiger partial charge in [-0.25, -0.2) is 0 Å². The summed E-state index contributed by atoms with van der Waals surface area (Å²) < 4.78 is 11.2. The molecule has 0 radical (unpaired) electrons. The molecule has 0 spiro atoms. The fraction of sp³-hybridized carbons (Fsp3) is 0.250. The van der Waals surface area contributed by atoms with Crippen molar-refractivity contribution in [2.24, 2.45) is 5.92 Å². The Kier molecular flexibility index (Phi) is 7.15. The number of aromatic nitrogens is 1. The number of hydrogen-bond donors (Lipinski definition) is 1. The van der Waals surface area contributed by atoms with Gasteiger partial charge >= 0.3 is 0 Å². The molecular weight excluding hydrogens is 444 g/mol. The van der Waals surface area contributed by atoms with E-state index in [1.165, 1.54) is 4.90 Å². The molecule has 1 N–H and O–H groups in total. The van der Waals surface area contributed by atoms with Crippen LogP contribution < -0.4 is 14.4 Å². The van der Waals surface area contributed by atoms with Gasteiger partial charge in [-0.15, -0.1) is 0 Å². The Morgan fingerprint density at radius 1 is 0.943 bits per heavy atom. The summed E-state index contributed by atoms with van der Waals surface area (Å²) in [6.07, 6.45) is 3.18. The number of benzene rings is 2. The molecule has 2 heterocycles. The number of carbonyl (C=O) groups is 2. The average Bonchev–Trinajstić information content (AvgIpc) is 3.14. The molecule has 0 bridgehead atoms. The second-order valence-electron chi connectivity index (χ2n) is 8.61. The molecule has 1 amide bonds. The lowest BCUT2D eigenvalue weighted by Gasteiger charge is -2.25. The minimum absolute atomic E-state index is 0.0194. The number of hydrogen-bond acceptors (Lipinski definition) is 6. The first-order chi connectivity index (χ1) is 16.9. The van der Waals surface area contributed by atoms with Crippen LogP contribution in [0, 0.1) is 5.92 Å². The summed E-state index contributed by atoms with van der Waals surface area (Å²) >= 11 is 0. The molecule has 1 saturated heterocycles. The molecule has 1 unspecified atom stereocenters. The van der Waals surface area contributed by atoms with Gasteiger partial charge in [-0.2, -0.15) is 0 Å². The van der Waals surface area contributed by atoms with Crippen LogP contribution in [0.3, 0.4) is 0 Å². The zero-order chi connectivity index (χ0) is 24.9. The van der Waals surface area contributed by atoms with Gasteiger partial charge in [0.2, 0.25) is 0 Å². The summed E-state index contributed by atoms with van der Waals surface area (Å²) in [5.74, 6) is -0.00684. The Balaban J connectivity index is 1.77. The lowest BCUT2D eigenvalue weighted by atomic mass is 9.95. The molecule has 0 aliphatic carbocycles. The topological polar surface area (TPSA) is 89.0 Å². The monoisotopic (exact) mass is 472 g/mol. The number of aliphatic hydroxyl groups is 1. The standard InChI is InChI=1S/C28H28N2O5/c1-4-34-22-11-7-21(8-12-22)30-25(19-13-15-29-16-14-19)24(27(32)28(30)33)26(31)20-5-9-23(10-6-20)35-17-18(2)3/h5-16,18,25,31H,4,17H2,1-3H3/b26-24-. The molecule has 0 saturated carbocycles. The summed E-state index contributed by atoms with van der Waals surface area (Å²) in [4.78, 5) is 31.9. The smallest absolute Gasteiger partial charge is 0.300 e. The van der Waals surface area contributed by atoms with Crippen LogP contribution in [0.25, 0.3) is 5.76 Å². The van der Waals surface area contributed by atoms with Gasteiger partial charge in [-0.1, -0.05) is 13.8 Å². The van der Waals surface area contributed by atoms with E-state index in [-0.39, 0.29) is 11.3 Å². The molecule has 35 heavy (non-hydrogen) atoms. The second-order valence-corrected chi connectivity index (χ2v) is 8.61. The third-order valence-electron chi connectivity index (χ3n) is 5.60. The lowest BCUT2D eigenvalue weighted by Crippen LogP contribution is -2.29. The Hall–Kier alpha value is -4.13. The van der Waals surface area contributed by atoms with Crippen molar-refractivity contribution in [2.45, 2.75) is 26.8 Å². The van der Waals surface area contributed by atoms with E-state index in [1.54, 1.807) is 73.1 Å². The summed E-state index contributed by atoms with van der Waals surface area (Å²) in [6, 6.07) is 16.4. The predicted molar refractivity (Wildman–Crippen MR) is 133 cm³/mol. The molecule has 7 heteroatoms. The quantitative estimate of drug-likeness (QED) is 0.277. The number of ketones is 1. The van der Waals surface area contributed by atoms with Crippen LogP contribution in [0.15, 0.2) is 78.6 Å². The molecule has 1 aliphatic rings. The minimum Gasteiger partial charge on any atom is -0.507 e. The number of amides is 1. The van der Waals surface area contributed by atoms with Crippen molar-refractivity contribution in [1.29, 1.82) is 0 Å². The van der Waals surface area contributed by atoms with Gasteiger partial charge in [0.05, 0.1) is 24.8 Å². The minimum atomic E-state index is -0.812. The maximum Gasteiger partial charge on any atom is 0.300 e. The number of aliphatic hydroxyl groups excluding tert-OH is 1. The highest BCUT2D eigenvalue weighted by atomic mass is 16.5. The third-order valence-corrected chi connectivity index (χ3v) is 5.60. The zero-order valence-corrected chi connectivity index (χ0v) is 20.0. The average molecular weight is 473 g/mol. The highest BCUT2D eigenvalue weighted by Crippen LogP contribution is 2.42. The van der Waals surface area contributed by atoms with Crippen LogP contribution in [0.2, 0.25) is 0 Å². The van der Waals surface area contributed by atoms with Crippen molar-refractivity contribution >= 4 is 23.1 Å². The molecule has 7 nitrogen and oxygen atoms in total. The van der Waals surface area contributed by atoms with Crippen molar-refractivity contribution in [3.05, 3.63) is 89.8 Å². The largest absolute Gasteiger partial charge is 0.507 e. The van der Waals surface area contributed by atoms with Crippen LogP contribution >= 0.6 is 0 Å². The summed E-state index contributed by atoms with van der Waals surface area (Å²) in [5, 5.41) is 11.2. The van der Waals surface area contributed by atoms with Crippen molar-refractivity contribution in [3.8, 4) is 11.5 Å². The summed E-state index contributed by atoms with van der Waals surface area (Å²) in [6.45, 7) is 7.09. The SMILES string of the molecule is CCOc1ccc(N2C(=O)C(=O)/C(=C(\O)c3ccc(OCC(C)C)cc3)C2c2ccncc2)cc1. The van der Waals surface area contributed by atoms with Gasteiger partial charge in [0.1, 0.15) is 17.3 Å². The third kappa shape index (κ3) is 5.04. The molecule has 2 aromatic carbocycles. The van der Waals surface area contributed by atoms with E-state index in [2.05, 4.69) is 18.8 Å². The maximum absolute atomic E-state index is 13.2. The Morgan fingerprint density at radius 3 is 2.14 bits per heavy atom. The molecule has 4 rings (SSSR count). The Morgan fingerprint density at radius 2 is 1.54 bits per heavy atom. The van der Waals surface area contributed by atoms with Crippen molar-refractivity contribution < 1.29 is 24.2 Å². The van der Waals surface area contributed by atoms with Crippen LogP contribution in [0.1, 0.15) is 37.9 Å². The van der Waals surface area contributed by atoms with Gasteiger partial charge in [-0.3, -0.25) is 19.5 Å². The molecule has 1 atom stereocenters. The zero-order valence-electron chi connectivity index (χ0n) is 20.0. The molecule has 1 aromatic heterocycles. The second kappa shape index (κ2) is 10.4. The van der Waals surface area contributed by atoms with E-state index in [4.69, 9.17) is 9.47 Å². The number of ether oxygens (including phenoxy) is 2. The molecule has 1 fully saturated rings. The predicted octanol–water partition coefficient (Wildman–Crippen LogP) is 5.14. The van der Waals surface area contributed by atoms with Crippen molar-refractivity contribution in [3.63, 3.8) is 0 Å². The molecule has 180 valence electrons.